The second-order valence-electron chi connectivity index (χ2n) is 3.53. The summed E-state index contributed by atoms with van der Waals surface area (Å²) in [6.45, 7) is 5.04. The van der Waals surface area contributed by atoms with Gasteiger partial charge in [0.15, 0.2) is 0 Å². The molecule has 0 aromatic rings. The van der Waals surface area contributed by atoms with E-state index in [9.17, 15) is 4.39 Å². The Morgan fingerprint density at radius 2 is 2.36 bits per heavy atom. The molecule has 1 N–H and O–H groups in total. The quantitative estimate of drug-likeness (QED) is 0.665. The zero-order valence-corrected chi connectivity index (χ0v) is 7.44. The van der Waals surface area contributed by atoms with Crippen LogP contribution in [-0.4, -0.2) is 18.8 Å². The second-order valence-corrected chi connectivity index (χ2v) is 3.53. The molecule has 1 aliphatic rings. The molecule has 1 fully saturated rings. The van der Waals surface area contributed by atoms with Gasteiger partial charge in [-0.1, -0.05) is 20.3 Å². The first-order valence-electron chi connectivity index (χ1n) is 4.63. The van der Waals surface area contributed by atoms with E-state index in [4.69, 9.17) is 0 Å². The summed E-state index contributed by atoms with van der Waals surface area (Å²) in [5, 5.41) is 3.20. The molecule has 0 aromatic carbocycles. The molecule has 1 saturated heterocycles. The molecule has 11 heavy (non-hydrogen) atoms. The number of halogens is 1. The Bertz CT molecular complexity index is 110. The molecule has 66 valence electrons. The molecular formula is C9H18FN. The normalized spacial score (nSPS) is 30.3. The van der Waals surface area contributed by atoms with Crippen LogP contribution in [0.4, 0.5) is 4.39 Å². The largest absolute Gasteiger partial charge is 0.311 e. The van der Waals surface area contributed by atoms with Gasteiger partial charge in [-0.25, -0.2) is 4.39 Å². The number of alkyl halides is 1. The highest BCUT2D eigenvalue weighted by atomic mass is 19.1. The van der Waals surface area contributed by atoms with Gasteiger partial charge < -0.3 is 5.32 Å². The molecule has 0 aromatic heterocycles. The minimum atomic E-state index is -0.637. The smallest absolute Gasteiger partial charge is 0.118 e. The van der Waals surface area contributed by atoms with E-state index in [0.717, 1.165) is 25.8 Å². The molecule has 0 aliphatic carbocycles. The van der Waals surface area contributed by atoms with Gasteiger partial charge in [-0.3, -0.25) is 0 Å². The number of hydrogen-bond donors (Lipinski definition) is 1. The first-order valence-corrected chi connectivity index (χ1v) is 4.63. The van der Waals surface area contributed by atoms with Crippen LogP contribution in [0, 0.1) is 5.92 Å². The second kappa shape index (κ2) is 4.05. The van der Waals surface area contributed by atoms with Gasteiger partial charge in [0, 0.05) is 6.04 Å². The van der Waals surface area contributed by atoms with E-state index in [1.54, 1.807) is 0 Å². The van der Waals surface area contributed by atoms with Crippen molar-refractivity contribution in [3.8, 4) is 0 Å². The maximum atomic E-state index is 13.4. The molecule has 0 saturated carbocycles. The molecule has 1 nitrogen and oxygen atoms in total. The summed E-state index contributed by atoms with van der Waals surface area (Å²) in [6.07, 6.45) is 2.47. The lowest BCUT2D eigenvalue weighted by molar-refractivity contribution is 0.187. The zero-order chi connectivity index (χ0) is 8.27. The van der Waals surface area contributed by atoms with Gasteiger partial charge >= 0.3 is 0 Å². The predicted molar refractivity (Wildman–Crippen MR) is 45.4 cm³/mol. The first kappa shape index (κ1) is 8.98. The third kappa shape index (κ3) is 2.16. The Labute approximate surface area is 68.4 Å². The standard InChI is InChI=1S/C9H18FN/c1-3-7(2)9(10)8-5-4-6-11-8/h7-9,11H,3-6H2,1-2H3. The molecule has 3 unspecified atom stereocenters. The van der Waals surface area contributed by atoms with E-state index in [0.29, 0.717) is 0 Å². The molecule has 1 aliphatic heterocycles. The summed E-state index contributed by atoms with van der Waals surface area (Å²) >= 11 is 0. The summed E-state index contributed by atoms with van der Waals surface area (Å²) in [7, 11) is 0. The lowest BCUT2D eigenvalue weighted by Crippen LogP contribution is -2.35. The van der Waals surface area contributed by atoms with E-state index in [-0.39, 0.29) is 12.0 Å². The summed E-state index contributed by atoms with van der Waals surface area (Å²) < 4.78 is 13.4. The summed E-state index contributed by atoms with van der Waals surface area (Å²) in [6, 6.07) is 0.143. The molecule has 1 rings (SSSR count). The van der Waals surface area contributed by atoms with Crippen molar-refractivity contribution in [3.63, 3.8) is 0 Å². The fourth-order valence-electron chi connectivity index (χ4n) is 1.61. The Morgan fingerprint density at radius 1 is 1.64 bits per heavy atom. The maximum Gasteiger partial charge on any atom is 0.118 e. The van der Waals surface area contributed by atoms with Gasteiger partial charge in [-0.05, 0) is 25.3 Å². The van der Waals surface area contributed by atoms with E-state index < -0.39 is 6.17 Å². The van der Waals surface area contributed by atoms with E-state index in [1.807, 2.05) is 13.8 Å². The highest BCUT2D eigenvalue weighted by Gasteiger charge is 2.27. The fourth-order valence-corrected chi connectivity index (χ4v) is 1.61. The third-order valence-corrected chi connectivity index (χ3v) is 2.67. The minimum Gasteiger partial charge on any atom is -0.311 e. The van der Waals surface area contributed by atoms with Crippen molar-refractivity contribution in [1.82, 2.24) is 5.32 Å². The van der Waals surface area contributed by atoms with Gasteiger partial charge in [0.05, 0.1) is 0 Å². The number of hydrogen-bond acceptors (Lipinski definition) is 1. The lowest BCUT2D eigenvalue weighted by atomic mass is 9.96. The number of rotatable bonds is 3. The molecule has 0 bridgehead atoms. The number of nitrogens with one attached hydrogen (secondary N) is 1. The summed E-state index contributed by atoms with van der Waals surface area (Å²) in [5.74, 6) is 0.214. The molecular weight excluding hydrogens is 141 g/mol. The molecule has 0 amide bonds. The van der Waals surface area contributed by atoms with E-state index in [1.165, 1.54) is 0 Å². The van der Waals surface area contributed by atoms with Crippen LogP contribution >= 0.6 is 0 Å². The Balaban J connectivity index is 2.32. The van der Waals surface area contributed by atoms with Crippen LogP contribution in [0.3, 0.4) is 0 Å². The Kier molecular flexibility index (Phi) is 3.31. The van der Waals surface area contributed by atoms with Crippen molar-refractivity contribution in [1.29, 1.82) is 0 Å². The van der Waals surface area contributed by atoms with Crippen molar-refractivity contribution >= 4 is 0 Å². The topological polar surface area (TPSA) is 12.0 Å². The van der Waals surface area contributed by atoms with Gasteiger partial charge in [0.25, 0.3) is 0 Å². The highest BCUT2D eigenvalue weighted by Crippen LogP contribution is 2.20. The molecule has 2 heteroatoms. The summed E-state index contributed by atoms with van der Waals surface area (Å²) in [4.78, 5) is 0. The van der Waals surface area contributed by atoms with Crippen LogP contribution in [0.15, 0.2) is 0 Å². The van der Waals surface area contributed by atoms with E-state index >= 15 is 0 Å². The van der Waals surface area contributed by atoms with Crippen LogP contribution in [0.5, 0.6) is 0 Å². The SMILES string of the molecule is CCC(C)C(F)C1CCCN1. The van der Waals surface area contributed by atoms with Crippen molar-refractivity contribution in [2.75, 3.05) is 6.54 Å². The molecule has 0 spiro atoms. The minimum absolute atomic E-state index is 0.143. The monoisotopic (exact) mass is 159 g/mol. The van der Waals surface area contributed by atoms with Gasteiger partial charge in [-0.2, -0.15) is 0 Å². The van der Waals surface area contributed by atoms with Crippen LogP contribution in [-0.2, 0) is 0 Å². The van der Waals surface area contributed by atoms with Crippen molar-refractivity contribution in [3.05, 3.63) is 0 Å². The summed E-state index contributed by atoms with van der Waals surface area (Å²) in [5.41, 5.74) is 0. The zero-order valence-electron chi connectivity index (χ0n) is 7.44. The first-order chi connectivity index (χ1) is 5.25. The Morgan fingerprint density at radius 3 is 2.82 bits per heavy atom. The maximum absolute atomic E-state index is 13.4. The molecule has 1 heterocycles. The van der Waals surface area contributed by atoms with Crippen LogP contribution in [0.1, 0.15) is 33.1 Å². The van der Waals surface area contributed by atoms with Gasteiger partial charge in [-0.15, -0.1) is 0 Å². The van der Waals surface area contributed by atoms with Crippen LogP contribution < -0.4 is 5.32 Å². The van der Waals surface area contributed by atoms with Crippen molar-refractivity contribution in [2.24, 2.45) is 5.92 Å². The highest BCUT2D eigenvalue weighted by molar-refractivity contribution is 4.83. The van der Waals surface area contributed by atoms with Crippen LogP contribution in [0.25, 0.3) is 0 Å². The molecule has 0 radical (unpaired) electrons. The van der Waals surface area contributed by atoms with Gasteiger partial charge in [0.2, 0.25) is 0 Å². The van der Waals surface area contributed by atoms with Gasteiger partial charge in [0.1, 0.15) is 6.17 Å². The van der Waals surface area contributed by atoms with E-state index in [2.05, 4.69) is 5.32 Å². The van der Waals surface area contributed by atoms with Crippen molar-refractivity contribution < 1.29 is 4.39 Å². The predicted octanol–water partition coefficient (Wildman–Crippen LogP) is 2.12. The average molecular weight is 159 g/mol. The third-order valence-electron chi connectivity index (χ3n) is 2.67. The molecule has 3 atom stereocenters. The fraction of sp³-hybridized carbons (Fsp3) is 1.00. The Hall–Kier alpha value is -0.110. The lowest BCUT2D eigenvalue weighted by Gasteiger charge is -2.20. The van der Waals surface area contributed by atoms with Crippen LogP contribution in [0.2, 0.25) is 0 Å². The average Bonchev–Trinajstić information content (AvgIpc) is 2.53. The van der Waals surface area contributed by atoms with Crippen molar-refractivity contribution in [2.45, 2.75) is 45.3 Å².